The molecule has 2 aromatic rings. The van der Waals surface area contributed by atoms with E-state index in [1.54, 1.807) is 0 Å². The van der Waals surface area contributed by atoms with Gasteiger partial charge in [0.05, 0.1) is 12.3 Å². The molecule has 2 aromatic carbocycles. The van der Waals surface area contributed by atoms with Gasteiger partial charge in [-0.2, -0.15) is 23.5 Å². The van der Waals surface area contributed by atoms with Crippen LogP contribution in [0.25, 0.3) is 0 Å². The summed E-state index contributed by atoms with van der Waals surface area (Å²) < 4.78 is 7.43. The summed E-state index contributed by atoms with van der Waals surface area (Å²) in [5, 5.41) is 27.1. The number of oxime groups is 1. The molecule has 2 heterocycles. The molecule has 5 atom stereocenters. The Balaban J connectivity index is 1.55. The molecular weight excluding hydrogens is 644 g/mol. The minimum atomic E-state index is -0.390. The van der Waals surface area contributed by atoms with Crippen molar-refractivity contribution in [2.24, 2.45) is 17.0 Å². The first kappa shape index (κ1) is 33.0. The summed E-state index contributed by atoms with van der Waals surface area (Å²) in [4.78, 5) is 8.43. The molecule has 1 fully saturated rings. The molecule has 43 heavy (non-hydrogen) atoms. The number of nitrogens with zero attached hydrogens (tertiary/aromatic N) is 2. The van der Waals surface area contributed by atoms with Gasteiger partial charge >= 0.3 is 0 Å². The van der Waals surface area contributed by atoms with Crippen LogP contribution in [0.1, 0.15) is 75.5 Å². The van der Waals surface area contributed by atoms with Crippen molar-refractivity contribution in [3.63, 3.8) is 0 Å². The third kappa shape index (κ3) is 7.54. The predicted octanol–water partition coefficient (Wildman–Crippen LogP) is 7.84. The molecule has 0 amide bonds. The van der Waals surface area contributed by atoms with Crippen LogP contribution in [0.2, 0.25) is 0 Å². The lowest BCUT2D eigenvalue weighted by Gasteiger charge is -2.47. The Morgan fingerprint density at radius 3 is 2.72 bits per heavy atom. The molecular formula is C34H47BrN2O4S2. The highest BCUT2D eigenvalue weighted by molar-refractivity contribution is 9.10. The van der Waals surface area contributed by atoms with E-state index in [0.29, 0.717) is 35.2 Å². The Bertz CT molecular complexity index is 1260. The normalized spacial score (nSPS) is 27.8. The molecule has 0 bridgehead atoms. The van der Waals surface area contributed by atoms with Crippen LogP contribution >= 0.6 is 39.5 Å². The summed E-state index contributed by atoms with van der Waals surface area (Å²) in [6.45, 7) is 8.92. The maximum atomic E-state index is 11.0. The lowest BCUT2D eigenvalue weighted by molar-refractivity contribution is 0.00685. The number of aliphatic hydroxyl groups excluding tert-OH is 1. The van der Waals surface area contributed by atoms with Crippen LogP contribution in [0, 0.1) is 11.8 Å². The van der Waals surface area contributed by atoms with E-state index in [2.05, 4.69) is 71.8 Å². The van der Waals surface area contributed by atoms with Crippen LogP contribution in [0.3, 0.4) is 0 Å². The summed E-state index contributed by atoms with van der Waals surface area (Å²) in [5.74, 6) is 4.21. The van der Waals surface area contributed by atoms with Gasteiger partial charge in [-0.25, -0.2) is 0 Å². The molecule has 2 aliphatic heterocycles. The van der Waals surface area contributed by atoms with Gasteiger partial charge < -0.3 is 19.8 Å². The van der Waals surface area contributed by atoms with Gasteiger partial charge in [0.25, 0.3) is 0 Å². The van der Waals surface area contributed by atoms with E-state index in [4.69, 9.17) is 14.7 Å². The number of halogens is 1. The number of hydrogen-bond acceptors (Lipinski definition) is 8. The fourth-order valence-electron chi connectivity index (χ4n) is 6.99. The molecule has 9 heteroatoms. The second-order valence-corrected chi connectivity index (χ2v) is 16.1. The van der Waals surface area contributed by atoms with Gasteiger partial charge in [-0.05, 0) is 95.5 Å². The van der Waals surface area contributed by atoms with Crippen LogP contribution in [0.5, 0.6) is 11.5 Å². The second-order valence-electron chi connectivity index (χ2n) is 13.0. The zero-order valence-electron chi connectivity index (χ0n) is 25.9. The lowest BCUT2D eigenvalue weighted by atomic mass is 9.72. The van der Waals surface area contributed by atoms with E-state index in [-0.39, 0.29) is 35.8 Å². The Labute approximate surface area is 274 Å². The van der Waals surface area contributed by atoms with Gasteiger partial charge in [-0.15, -0.1) is 0 Å². The smallest absolute Gasteiger partial charge is 0.142 e. The monoisotopic (exact) mass is 690 g/mol. The Morgan fingerprint density at radius 1 is 1.21 bits per heavy atom. The highest BCUT2D eigenvalue weighted by Crippen LogP contribution is 2.57. The number of aromatic hydroxyl groups is 1. The summed E-state index contributed by atoms with van der Waals surface area (Å²) in [7, 11) is 0. The van der Waals surface area contributed by atoms with Gasteiger partial charge in [0.15, 0.2) is 0 Å². The van der Waals surface area contributed by atoms with Crippen LogP contribution in [0.4, 0.5) is 0 Å². The number of phenolic OH excluding ortho intramolecular Hbond substituents is 1. The summed E-state index contributed by atoms with van der Waals surface area (Å²) in [6, 6.07) is 12.1. The molecule has 2 N–H and O–H groups in total. The third-order valence-electron chi connectivity index (χ3n) is 9.35. The van der Waals surface area contributed by atoms with Crippen molar-refractivity contribution in [3.8, 4) is 11.5 Å². The fourth-order valence-corrected chi connectivity index (χ4v) is 9.56. The Morgan fingerprint density at radius 2 is 2.00 bits per heavy atom. The van der Waals surface area contributed by atoms with Crippen molar-refractivity contribution in [1.82, 2.24) is 4.90 Å². The maximum absolute atomic E-state index is 11.0. The van der Waals surface area contributed by atoms with Crippen molar-refractivity contribution in [2.45, 2.75) is 88.8 Å². The third-order valence-corrected chi connectivity index (χ3v) is 12.2. The minimum Gasteiger partial charge on any atom is -0.507 e. The molecule has 3 aliphatic rings. The Hall–Kier alpha value is -1.39. The largest absolute Gasteiger partial charge is 0.507 e. The van der Waals surface area contributed by atoms with Gasteiger partial charge in [-0.3, -0.25) is 4.90 Å². The highest BCUT2D eigenvalue weighted by Gasteiger charge is 2.52. The molecule has 0 saturated heterocycles. The van der Waals surface area contributed by atoms with E-state index in [1.807, 2.05) is 36.0 Å². The van der Waals surface area contributed by atoms with E-state index in [1.165, 1.54) is 5.56 Å². The van der Waals surface area contributed by atoms with E-state index < -0.39 is 0 Å². The topological polar surface area (TPSA) is 74.5 Å². The summed E-state index contributed by atoms with van der Waals surface area (Å²) in [5.41, 5.74) is 4.09. The van der Waals surface area contributed by atoms with Gasteiger partial charge in [-0.1, -0.05) is 49.3 Å². The van der Waals surface area contributed by atoms with Crippen molar-refractivity contribution in [2.75, 3.05) is 30.9 Å². The number of hydrogen-bond donors (Lipinski definition) is 2. The van der Waals surface area contributed by atoms with Crippen molar-refractivity contribution >= 4 is 45.2 Å². The molecule has 1 aliphatic carbocycles. The summed E-state index contributed by atoms with van der Waals surface area (Å²) in [6.07, 6.45) is 6.67. The molecule has 1 saturated carbocycles. The second kappa shape index (κ2) is 14.8. The number of thioether (sulfide) groups is 2. The SMILES string of the molecule is CSCCCN1Cc2cc(O)c(Br)c3c2C2[C@@H](C[C@@]1(C)CO)[C@H](SCCC(C)C)C/C(=N\OCc1ccccc1)C[C@H]2O3. The molecule has 0 spiro atoms. The first-order valence-electron chi connectivity index (χ1n) is 15.6. The maximum Gasteiger partial charge on any atom is 0.142 e. The zero-order valence-corrected chi connectivity index (χ0v) is 29.1. The molecule has 6 nitrogen and oxygen atoms in total. The zero-order chi connectivity index (χ0) is 30.6. The summed E-state index contributed by atoms with van der Waals surface area (Å²) >= 11 is 7.59. The highest BCUT2D eigenvalue weighted by atomic mass is 79.9. The number of aliphatic hydroxyl groups is 1. The van der Waals surface area contributed by atoms with Crippen LogP contribution < -0.4 is 4.74 Å². The average Bonchev–Trinajstić information content (AvgIpc) is 3.29. The lowest BCUT2D eigenvalue weighted by Crippen LogP contribution is -2.53. The average molecular weight is 692 g/mol. The van der Waals surface area contributed by atoms with Gasteiger partial charge in [0, 0.05) is 41.7 Å². The van der Waals surface area contributed by atoms with Crippen molar-refractivity contribution in [3.05, 3.63) is 57.6 Å². The van der Waals surface area contributed by atoms with Crippen LogP contribution in [-0.4, -0.2) is 68.6 Å². The van der Waals surface area contributed by atoms with E-state index in [9.17, 15) is 10.2 Å². The molecule has 0 radical (unpaired) electrons. The van der Waals surface area contributed by atoms with E-state index in [0.717, 1.165) is 66.3 Å². The molecule has 0 aromatic heterocycles. The van der Waals surface area contributed by atoms with Crippen molar-refractivity contribution in [1.29, 1.82) is 0 Å². The minimum absolute atomic E-state index is 0.0935. The number of benzene rings is 2. The number of phenols is 1. The van der Waals surface area contributed by atoms with Crippen LogP contribution in [-0.2, 0) is 18.0 Å². The van der Waals surface area contributed by atoms with Gasteiger partial charge in [0.2, 0.25) is 0 Å². The quantitative estimate of drug-likeness (QED) is 0.174. The molecule has 5 rings (SSSR count). The van der Waals surface area contributed by atoms with Crippen molar-refractivity contribution < 1.29 is 19.8 Å². The standard InChI is InChI=1S/C34H47BrN2O4S2/c1-22(2)11-14-43-29-17-25(36-40-20-23-9-6-5-7-10-23)16-28-31-26(29)18-34(3,21-38)37(12-8-13-42-4)19-24-15-27(39)32(35)33(41-28)30(24)31/h5-7,9-10,15,22,26,28-29,31,38-39H,8,11-14,16-21H2,1-4H3/b36-25-/t26-,28+,29+,31?,34-/m0/s1. The van der Waals surface area contributed by atoms with Crippen LogP contribution in [0.15, 0.2) is 46.0 Å². The predicted molar refractivity (Wildman–Crippen MR) is 184 cm³/mol. The Kier molecular flexibility index (Phi) is 11.4. The van der Waals surface area contributed by atoms with E-state index >= 15 is 0 Å². The number of ether oxygens (including phenoxy) is 1. The molecule has 236 valence electrons. The number of rotatable bonds is 12. The first-order valence-corrected chi connectivity index (χ1v) is 18.9. The first-order chi connectivity index (χ1) is 20.7. The fraction of sp³-hybridized carbons (Fsp3) is 0.618. The van der Waals surface area contributed by atoms with Gasteiger partial charge in [0.1, 0.15) is 28.7 Å². The molecule has 1 unspecified atom stereocenters.